The van der Waals surface area contributed by atoms with Gasteiger partial charge in [0.25, 0.3) is 5.91 Å². The number of rotatable bonds is 3. The summed E-state index contributed by atoms with van der Waals surface area (Å²) in [6.45, 7) is 0. The Morgan fingerprint density at radius 3 is 2.57 bits per heavy atom. The average molecular weight is 323 g/mol. The lowest BCUT2D eigenvalue weighted by molar-refractivity contribution is -0.137. The Hall–Kier alpha value is -2.31. The van der Waals surface area contributed by atoms with E-state index in [2.05, 4.69) is 10.4 Å². The number of nitrogens with zero attached hydrogens (tertiary/aromatic N) is 2. The topological polar surface area (TPSA) is 46.9 Å². The van der Waals surface area contributed by atoms with Crippen molar-refractivity contribution in [3.63, 3.8) is 0 Å². The monoisotopic (exact) mass is 323 g/mol. The van der Waals surface area contributed by atoms with Gasteiger partial charge in [0, 0.05) is 6.07 Å². The summed E-state index contributed by atoms with van der Waals surface area (Å²) in [6.07, 6.45) is 1.08. The molecule has 0 radical (unpaired) electrons. The minimum Gasteiger partial charge on any atom is -0.307 e. The first-order chi connectivity index (χ1) is 11.0. The van der Waals surface area contributed by atoms with Gasteiger partial charge in [-0.2, -0.15) is 18.3 Å². The summed E-state index contributed by atoms with van der Waals surface area (Å²) < 4.78 is 40.7. The molecule has 0 bridgehead atoms. The molecule has 0 aliphatic heterocycles. The Morgan fingerprint density at radius 1 is 1.17 bits per heavy atom. The van der Waals surface area contributed by atoms with E-state index in [0.29, 0.717) is 5.82 Å². The SMILES string of the molecule is O=C(Nc1ccnn1C1CCCC1)c1ccccc1C(F)(F)F. The molecule has 7 heteroatoms. The highest BCUT2D eigenvalue weighted by Crippen LogP contribution is 2.33. The number of benzene rings is 1. The summed E-state index contributed by atoms with van der Waals surface area (Å²) in [5, 5.41) is 6.75. The van der Waals surface area contributed by atoms with E-state index in [0.717, 1.165) is 31.7 Å². The van der Waals surface area contributed by atoms with Crippen LogP contribution in [-0.4, -0.2) is 15.7 Å². The van der Waals surface area contributed by atoms with Crippen molar-refractivity contribution < 1.29 is 18.0 Å². The van der Waals surface area contributed by atoms with Gasteiger partial charge in [-0.1, -0.05) is 25.0 Å². The van der Waals surface area contributed by atoms with Crippen LogP contribution in [0.5, 0.6) is 0 Å². The molecule has 4 nitrogen and oxygen atoms in total. The van der Waals surface area contributed by atoms with Gasteiger partial charge in [-0.3, -0.25) is 4.79 Å². The molecule has 1 amide bonds. The summed E-state index contributed by atoms with van der Waals surface area (Å²) in [4.78, 5) is 12.3. The van der Waals surface area contributed by atoms with Crippen molar-refractivity contribution in [3.05, 3.63) is 47.7 Å². The van der Waals surface area contributed by atoms with Crippen LogP contribution >= 0.6 is 0 Å². The molecule has 23 heavy (non-hydrogen) atoms. The van der Waals surface area contributed by atoms with E-state index in [9.17, 15) is 18.0 Å². The van der Waals surface area contributed by atoms with E-state index in [1.165, 1.54) is 18.2 Å². The summed E-state index contributed by atoms with van der Waals surface area (Å²) in [6, 6.07) is 6.56. The minimum absolute atomic E-state index is 0.193. The molecule has 0 saturated heterocycles. The molecule has 0 unspecified atom stereocenters. The Bertz CT molecular complexity index is 703. The van der Waals surface area contributed by atoms with E-state index in [1.54, 1.807) is 16.9 Å². The van der Waals surface area contributed by atoms with Crippen LogP contribution in [0.3, 0.4) is 0 Å². The van der Waals surface area contributed by atoms with Gasteiger partial charge in [0.1, 0.15) is 5.82 Å². The zero-order valence-electron chi connectivity index (χ0n) is 12.3. The second-order valence-corrected chi connectivity index (χ2v) is 5.60. The third-order valence-electron chi connectivity index (χ3n) is 4.06. The molecule has 0 spiro atoms. The van der Waals surface area contributed by atoms with E-state index in [-0.39, 0.29) is 11.6 Å². The number of aromatic nitrogens is 2. The maximum Gasteiger partial charge on any atom is 0.417 e. The quantitative estimate of drug-likeness (QED) is 0.917. The molecule has 1 aliphatic rings. The third-order valence-corrected chi connectivity index (χ3v) is 4.06. The molecule has 1 aliphatic carbocycles. The van der Waals surface area contributed by atoms with Gasteiger partial charge in [0.2, 0.25) is 0 Å². The van der Waals surface area contributed by atoms with Crippen LogP contribution < -0.4 is 5.32 Å². The smallest absolute Gasteiger partial charge is 0.307 e. The predicted molar refractivity (Wildman–Crippen MR) is 79.1 cm³/mol. The first-order valence-corrected chi connectivity index (χ1v) is 7.48. The summed E-state index contributed by atoms with van der Waals surface area (Å²) in [5.74, 6) is -0.350. The summed E-state index contributed by atoms with van der Waals surface area (Å²) >= 11 is 0. The Morgan fingerprint density at radius 2 is 1.87 bits per heavy atom. The van der Waals surface area contributed by atoms with Gasteiger partial charge in [-0.25, -0.2) is 4.68 Å². The molecule has 1 aromatic carbocycles. The molecular weight excluding hydrogens is 307 g/mol. The van der Waals surface area contributed by atoms with Gasteiger partial charge in [-0.05, 0) is 25.0 Å². The lowest BCUT2D eigenvalue weighted by Gasteiger charge is -2.16. The van der Waals surface area contributed by atoms with Crippen molar-refractivity contribution >= 4 is 11.7 Å². The number of amides is 1. The molecule has 3 rings (SSSR count). The zero-order chi connectivity index (χ0) is 16.4. The number of hydrogen-bond donors (Lipinski definition) is 1. The highest BCUT2D eigenvalue weighted by atomic mass is 19.4. The normalized spacial score (nSPS) is 15.8. The second-order valence-electron chi connectivity index (χ2n) is 5.60. The van der Waals surface area contributed by atoms with E-state index in [1.807, 2.05) is 0 Å². The Kier molecular flexibility index (Phi) is 4.11. The van der Waals surface area contributed by atoms with Crippen LogP contribution in [0.15, 0.2) is 36.5 Å². The number of alkyl halides is 3. The molecule has 122 valence electrons. The standard InChI is InChI=1S/C16H16F3N3O/c17-16(18,19)13-8-4-3-7-12(13)15(23)21-14-9-10-20-22(14)11-5-1-2-6-11/h3-4,7-11H,1-2,5-6H2,(H,21,23). The van der Waals surface area contributed by atoms with E-state index < -0.39 is 17.6 Å². The number of nitrogens with one attached hydrogen (secondary N) is 1. The number of carbonyl (C=O) groups is 1. The van der Waals surface area contributed by atoms with Crippen molar-refractivity contribution in [2.45, 2.75) is 37.9 Å². The van der Waals surface area contributed by atoms with Crippen LogP contribution in [0, 0.1) is 0 Å². The Labute approximate surface area is 131 Å². The second kappa shape index (κ2) is 6.06. The maximum atomic E-state index is 13.0. The lowest BCUT2D eigenvalue weighted by atomic mass is 10.1. The molecule has 1 fully saturated rings. The van der Waals surface area contributed by atoms with Gasteiger partial charge >= 0.3 is 6.18 Å². The van der Waals surface area contributed by atoms with Crippen molar-refractivity contribution in [1.29, 1.82) is 0 Å². The molecule has 1 aromatic heterocycles. The molecule has 1 heterocycles. The highest BCUT2D eigenvalue weighted by Gasteiger charge is 2.35. The van der Waals surface area contributed by atoms with Gasteiger partial charge < -0.3 is 5.32 Å². The Balaban J connectivity index is 1.85. The number of anilines is 1. The maximum absolute atomic E-state index is 13.0. The molecule has 1 saturated carbocycles. The molecular formula is C16H16F3N3O. The predicted octanol–water partition coefficient (Wildman–Crippen LogP) is 4.27. The fourth-order valence-corrected chi connectivity index (χ4v) is 2.97. The third kappa shape index (κ3) is 3.23. The first-order valence-electron chi connectivity index (χ1n) is 7.48. The van der Waals surface area contributed by atoms with Crippen LogP contribution in [-0.2, 0) is 6.18 Å². The highest BCUT2D eigenvalue weighted by molar-refractivity contribution is 6.05. The van der Waals surface area contributed by atoms with Crippen molar-refractivity contribution in [2.24, 2.45) is 0 Å². The van der Waals surface area contributed by atoms with Crippen LogP contribution in [0.2, 0.25) is 0 Å². The van der Waals surface area contributed by atoms with E-state index >= 15 is 0 Å². The van der Waals surface area contributed by atoms with Gasteiger partial charge in [0.15, 0.2) is 0 Å². The molecule has 0 atom stereocenters. The van der Waals surface area contributed by atoms with Crippen LogP contribution in [0.4, 0.5) is 19.0 Å². The molecule has 1 N–H and O–H groups in total. The van der Waals surface area contributed by atoms with Crippen LogP contribution in [0.1, 0.15) is 47.6 Å². The number of hydrogen-bond acceptors (Lipinski definition) is 2. The number of carbonyl (C=O) groups excluding carboxylic acids is 1. The van der Waals surface area contributed by atoms with Crippen molar-refractivity contribution in [1.82, 2.24) is 9.78 Å². The average Bonchev–Trinajstić information content (AvgIpc) is 3.17. The summed E-state index contributed by atoms with van der Waals surface area (Å²) in [5.41, 5.74) is -1.33. The zero-order valence-corrected chi connectivity index (χ0v) is 12.3. The summed E-state index contributed by atoms with van der Waals surface area (Å²) in [7, 11) is 0. The van der Waals surface area contributed by atoms with E-state index in [4.69, 9.17) is 0 Å². The lowest BCUT2D eigenvalue weighted by Crippen LogP contribution is -2.21. The fourth-order valence-electron chi connectivity index (χ4n) is 2.97. The van der Waals surface area contributed by atoms with Crippen molar-refractivity contribution in [3.8, 4) is 0 Å². The number of halogens is 3. The first kappa shape index (κ1) is 15.6. The largest absolute Gasteiger partial charge is 0.417 e. The van der Waals surface area contributed by atoms with Gasteiger partial charge in [-0.15, -0.1) is 0 Å². The molecule has 2 aromatic rings. The minimum atomic E-state index is -4.57. The van der Waals surface area contributed by atoms with Crippen molar-refractivity contribution in [2.75, 3.05) is 5.32 Å². The fraction of sp³-hybridized carbons (Fsp3) is 0.375. The van der Waals surface area contributed by atoms with Gasteiger partial charge in [0.05, 0.1) is 23.4 Å². The van der Waals surface area contributed by atoms with Crippen LogP contribution in [0.25, 0.3) is 0 Å².